The number of unbranched alkanes of at least 4 members (excludes halogenated alkanes) is 1. The van der Waals surface area contributed by atoms with Crippen molar-refractivity contribution < 1.29 is 47.7 Å². The van der Waals surface area contributed by atoms with Gasteiger partial charge in [-0.25, -0.2) is 19.2 Å². The van der Waals surface area contributed by atoms with Gasteiger partial charge in [0.05, 0.1) is 7.11 Å². The lowest BCUT2D eigenvalue weighted by atomic mass is 10.1. The lowest BCUT2D eigenvalue weighted by Gasteiger charge is -2.16. The van der Waals surface area contributed by atoms with Crippen LogP contribution in [0.2, 0.25) is 0 Å². The summed E-state index contributed by atoms with van der Waals surface area (Å²) in [6.45, 7) is 1.49. The highest BCUT2D eigenvalue weighted by atomic mass is 16.7. The minimum atomic E-state index is -1.37. The van der Waals surface area contributed by atoms with E-state index in [-0.39, 0.29) is 12.5 Å². The Hall–Kier alpha value is -2.89. The van der Waals surface area contributed by atoms with Gasteiger partial charge in [-0.05, 0) is 19.3 Å². The number of hydrogen-bond acceptors (Lipinski definition) is 10. The average Bonchev–Trinajstić information content (AvgIpc) is 3.13. The minimum Gasteiger partial charge on any atom is -0.467 e. The number of hydrogen-bond donors (Lipinski definition) is 2. The molecule has 12 heteroatoms. The highest BCUT2D eigenvalue weighted by molar-refractivity contribution is 5.87. The first kappa shape index (κ1) is 22.4. The zero-order valence-corrected chi connectivity index (χ0v) is 16.3. The molecule has 2 aliphatic rings. The molecule has 0 saturated carbocycles. The predicted octanol–water partition coefficient (Wildman–Crippen LogP) is -1.20. The number of carbonyl (C=O) groups is 5. The summed E-state index contributed by atoms with van der Waals surface area (Å²) in [7, 11) is 2.50. The van der Waals surface area contributed by atoms with E-state index in [9.17, 15) is 24.0 Å². The Morgan fingerprint density at radius 2 is 1.66 bits per heavy atom. The first-order valence-electron chi connectivity index (χ1n) is 9.01. The molecule has 2 fully saturated rings. The number of nitrogens with one attached hydrogen (secondary N) is 2. The molecular weight excluding hydrogens is 392 g/mol. The fourth-order valence-corrected chi connectivity index (χ4v) is 3.08. The molecule has 0 aliphatic carbocycles. The van der Waals surface area contributed by atoms with E-state index in [1.54, 1.807) is 0 Å². The zero-order valence-electron chi connectivity index (χ0n) is 16.3. The highest BCUT2D eigenvalue weighted by Gasteiger charge is 2.60. The molecule has 2 rings (SSSR count). The van der Waals surface area contributed by atoms with Crippen LogP contribution in [0.25, 0.3) is 0 Å². The Bertz CT molecular complexity index is 667. The molecule has 2 N–H and O–H groups in total. The molecule has 2 saturated heterocycles. The van der Waals surface area contributed by atoms with Crippen molar-refractivity contribution in [2.24, 2.45) is 0 Å². The molecule has 2 aliphatic heterocycles. The third kappa shape index (κ3) is 5.56. The van der Waals surface area contributed by atoms with Crippen LogP contribution in [0.3, 0.4) is 0 Å². The number of fused-ring (bicyclic) bond motifs is 1. The monoisotopic (exact) mass is 416 g/mol. The fourth-order valence-electron chi connectivity index (χ4n) is 3.08. The quantitative estimate of drug-likeness (QED) is 0.266. The predicted molar refractivity (Wildman–Crippen MR) is 92.3 cm³/mol. The largest absolute Gasteiger partial charge is 0.467 e. The van der Waals surface area contributed by atoms with Crippen LogP contribution in [-0.4, -0.2) is 81.1 Å². The Kier molecular flexibility index (Phi) is 7.76. The topological polar surface area (TPSA) is 156 Å². The van der Waals surface area contributed by atoms with E-state index in [4.69, 9.17) is 18.9 Å². The SMILES string of the molecule is COC(=O)[C@H](CCCCNC(=O)O[C@H]1C(=O)O[C@H]2[C@@H]1OC(=O)[C@H]2OC)NC(C)=O. The summed E-state index contributed by atoms with van der Waals surface area (Å²) in [5, 5.41) is 4.95. The smallest absolute Gasteiger partial charge is 0.408 e. The van der Waals surface area contributed by atoms with Gasteiger partial charge in [0.15, 0.2) is 18.3 Å². The van der Waals surface area contributed by atoms with E-state index in [0.717, 1.165) is 0 Å². The lowest BCUT2D eigenvalue weighted by molar-refractivity contribution is -0.160. The summed E-state index contributed by atoms with van der Waals surface area (Å²) in [5.74, 6) is -2.42. The number of methoxy groups -OCH3 is 2. The van der Waals surface area contributed by atoms with Gasteiger partial charge in [-0.3, -0.25) is 4.79 Å². The minimum absolute atomic E-state index is 0.198. The summed E-state index contributed by atoms with van der Waals surface area (Å²) < 4.78 is 24.6. The molecule has 0 aromatic heterocycles. The summed E-state index contributed by atoms with van der Waals surface area (Å²) in [4.78, 5) is 58.1. The summed E-state index contributed by atoms with van der Waals surface area (Å²) in [5.41, 5.74) is 0. The Morgan fingerprint density at radius 1 is 1.03 bits per heavy atom. The van der Waals surface area contributed by atoms with Gasteiger partial charge in [-0.15, -0.1) is 0 Å². The maximum absolute atomic E-state index is 11.9. The van der Waals surface area contributed by atoms with Crippen LogP contribution in [0.4, 0.5) is 4.79 Å². The number of alkyl carbamates (subject to hydrolysis) is 1. The van der Waals surface area contributed by atoms with Crippen LogP contribution in [0.15, 0.2) is 0 Å². The van der Waals surface area contributed by atoms with Crippen LogP contribution in [-0.2, 0) is 42.9 Å². The normalized spacial score (nSPS) is 26.0. The van der Waals surface area contributed by atoms with Gasteiger partial charge in [0.25, 0.3) is 0 Å². The second kappa shape index (κ2) is 10.0. The zero-order chi connectivity index (χ0) is 21.6. The van der Waals surface area contributed by atoms with Crippen LogP contribution >= 0.6 is 0 Å². The van der Waals surface area contributed by atoms with Crippen molar-refractivity contribution in [2.45, 2.75) is 56.6 Å². The molecule has 2 heterocycles. The molecule has 5 atom stereocenters. The van der Waals surface area contributed by atoms with Crippen molar-refractivity contribution >= 4 is 29.9 Å². The third-order valence-electron chi connectivity index (χ3n) is 4.43. The van der Waals surface area contributed by atoms with Crippen LogP contribution in [0, 0.1) is 0 Å². The Balaban J connectivity index is 1.72. The van der Waals surface area contributed by atoms with Gasteiger partial charge in [0, 0.05) is 20.6 Å². The molecule has 2 amide bonds. The van der Waals surface area contributed by atoms with E-state index in [0.29, 0.717) is 19.3 Å². The molecule has 0 unspecified atom stereocenters. The summed E-state index contributed by atoms with van der Waals surface area (Å²) in [6.07, 6.45) is -3.99. The standard InChI is InChI=1S/C17H24N2O10/c1-8(20)19-9(14(21)26-3)6-4-5-7-18-17(24)29-13-11-10(27-16(13)23)12(25-2)15(22)28-11/h9-13H,4-7H2,1-3H3,(H,18,24)(H,19,20)/t9-,10-,11-,12-,13+/m0/s1. The van der Waals surface area contributed by atoms with E-state index >= 15 is 0 Å². The molecule has 0 spiro atoms. The second-order valence-electron chi connectivity index (χ2n) is 6.48. The van der Waals surface area contributed by atoms with E-state index < -0.39 is 54.5 Å². The van der Waals surface area contributed by atoms with E-state index in [1.807, 2.05) is 0 Å². The van der Waals surface area contributed by atoms with Gasteiger partial charge < -0.3 is 34.3 Å². The average molecular weight is 416 g/mol. The van der Waals surface area contributed by atoms with Crippen molar-refractivity contribution in [2.75, 3.05) is 20.8 Å². The summed E-state index contributed by atoms with van der Waals surface area (Å²) >= 11 is 0. The van der Waals surface area contributed by atoms with Crippen LogP contribution < -0.4 is 10.6 Å². The van der Waals surface area contributed by atoms with Crippen LogP contribution in [0.1, 0.15) is 26.2 Å². The molecule has 29 heavy (non-hydrogen) atoms. The van der Waals surface area contributed by atoms with Crippen molar-refractivity contribution in [1.82, 2.24) is 10.6 Å². The maximum atomic E-state index is 11.9. The molecular formula is C17H24N2O10. The number of rotatable bonds is 9. The van der Waals surface area contributed by atoms with Gasteiger partial charge >= 0.3 is 24.0 Å². The first-order chi connectivity index (χ1) is 13.8. The molecule has 0 radical (unpaired) electrons. The number of ether oxygens (including phenoxy) is 5. The highest BCUT2D eigenvalue weighted by Crippen LogP contribution is 2.31. The van der Waals surface area contributed by atoms with Gasteiger partial charge in [0.2, 0.25) is 12.0 Å². The molecule has 0 bridgehead atoms. The number of carbonyl (C=O) groups excluding carboxylic acids is 5. The van der Waals surface area contributed by atoms with Crippen molar-refractivity contribution in [3.63, 3.8) is 0 Å². The second-order valence-corrected chi connectivity index (χ2v) is 6.48. The van der Waals surface area contributed by atoms with Crippen molar-refractivity contribution in [1.29, 1.82) is 0 Å². The van der Waals surface area contributed by atoms with Crippen molar-refractivity contribution in [3.05, 3.63) is 0 Å². The molecule has 162 valence electrons. The Labute approximate surface area is 166 Å². The molecule has 0 aromatic rings. The van der Waals surface area contributed by atoms with Gasteiger partial charge in [-0.1, -0.05) is 0 Å². The number of amides is 2. The van der Waals surface area contributed by atoms with Gasteiger partial charge in [-0.2, -0.15) is 0 Å². The molecule has 12 nitrogen and oxygen atoms in total. The summed E-state index contributed by atoms with van der Waals surface area (Å²) in [6, 6.07) is -0.763. The van der Waals surface area contributed by atoms with E-state index in [1.165, 1.54) is 21.1 Å². The number of esters is 3. The Morgan fingerprint density at radius 3 is 2.24 bits per heavy atom. The third-order valence-corrected chi connectivity index (χ3v) is 4.43. The van der Waals surface area contributed by atoms with Crippen molar-refractivity contribution in [3.8, 4) is 0 Å². The molecule has 0 aromatic carbocycles. The van der Waals surface area contributed by atoms with E-state index in [2.05, 4.69) is 15.4 Å². The van der Waals surface area contributed by atoms with Gasteiger partial charge in [0.1, 0.15) is 6.04 Å². The first-order valence-corrected chi connectivity index (χ1v) is 9.01. The fraction of sp³-hybridized carbons (Fsp3) is 0.706. The van der Waals surface area contributed by atoms with Crippen LogP contribution in [0.5, 0.6) is 0 Å². The maximum Gasteiger partial charge on any atom is 0.408 e. The lowest BCUT2D eigenvalue weighted by Crippen LogP contribution is -2.40.